The predicted octanol–water partition coefficient (Wildman–Crippen LogP) is 11.1. The molecule has 59 heavy (non-hydrogen) atoms. The van der Waals surface area contributed by atoms with Gasteiger partial charge in [-0.3, -0.25) is 14.2 Å². The highest BCUT2D eigenvalue weighted by molar-refractivity contribution is 7.45. The first-order valence-electron chi connectivity index (χ1n) is 22.4. The molecule has 338 valence electrons. The van der Waals surface area contributed by atoms with Gasteiger partial charge in [-0.1, -0.05) is 150 Å². The first-order valence-corrected chi connectivity index (χ1v) is 23.9. The smallest absolute Gasteiger partial charge is 0.306 e. The lowest BCUT2D eigenvalue weighted by molar-refractivity contribution is -0.870. The molecular formula is C48H82NO9P. The number of unbranched alkanes of at least 4 members (excludes halogenated alkanes) is 11. The number of aliphatic hydroxyl groups is 1. The Kier molecular flexibility index (Phi) is 37.4. The molecule has 2 unspecified atom stereocenters. The Bertz CT molecular complexity index is 1300. The summed E-state index contributed by atoms with van der Waals surface area (Å²) >= 11 is 0. The first-order chi connectivity index (χ1) is 28.4. The van der Waals surface area contributed by atoms with E-state index < -0.39 is 38.6 Å². The number of phosphoric acid groups is 1. The van der Waals surface area contributed by atoms with Crippen LogP contribution in [0.3, 0.4) is 0 Å². The molecule has 11 heteroatoms. The van der Waals surface area contributed by atoms with Crippen molar-refractivity contribution in [3.8, 4) is 0 Å². The summed E-state index contributed by atoms with van der Waals surface area (Å²) in [5.41, 5.74) is 0. The van der Waals surface area contributed by atoms with E-state index in [1.54, 1.807) is 18.2 Å². The van der Waals surface area contributed by atoms with Crippen LogP contribution < -0.4 is 4.89 Å². The normalized spacial score (nSPS) is 14.9. The van der Waals surface area contributed by atoms with E-state index in [9.17, 15) is 24.2 Å². The molecule has 0 rings (SSSR count). The average molecular weight is 848 g/mol. The minimum atomic E-state index is -4.67. The van der Waals surface area contributed by atoms with E-state index in [0.717, 1.165) is 51.4 Å². The lowest BCUT2D eigenvalue weighted by atomic mass is 10.1. The summed E-state index contributed by atoms with van der Waals surface area (Å²) in [5.74, 6) is -1.03. The summed E-state index contributed by atoms with van der Waals surface area (Å²) in [6, 6.07) is 0. The van der Waals surface area contributed by atoms with E-state index in [4.69, 9.17) is 18.5 Å². The van der Waals surface area contributed by atoms with Crippen molar-refractivity contribution in [2.45, 2.75) is 161 Å². The molecule has 0 aliphatic carbocycles. The van der Waals surface area contributed by atoms with Crippen molar-refractivity contribution in [2.75, 3.05) is 47.5 Å². The van der Waals surface area contributed by atoms with Gasteiger partial charge in [-0.2, -0.15) is 0 Å². The van der Waals surface area contributed by atoms with Gasteiger partial charge in [-0.05, 0) is 70.6 Å². The van der Waals surface area contributed by atoms with Crippen LogP contribution in [0, 0.1) is 0 Å². The molecule has 10 nitrogen and oxygen atoms in total. The Morgan fingerprint density at radius 3 is 1.85 bits per heavy atom. The maximum absolute atomic E-state index is 12.7. The Morgan fingerprint density at radius 2 is 1.22 bits per heavy atom. The predicted molar refractivity (Wildman–Crippen MR) is 242 cm³/mol. The molecule has 0 heterocycles. The lowest BCUT2D eigenvalue weighted by Gasteiger charge is -2.28. The minimum absolute atomic E-state index is 0.0634. The van der Waals surface area contributed by atoms with Crippen LogP contribution in [0.5, 0.6) is 0 Å². The molecule has 0 aliphatic heterocycles. The summed E-state index contributed by atoms with van der Waals surface area (Å²) in [6.45, 7) is 3.87. The van der Waals surface area contributed by atoms with Crippen LogP contribution in [0.2, 0.25) is 0 Å². The van der Waals surface area contributed by atoms with Crippen LogP contribution in [0.1, 0.15) is 149 Å². The average Bonchev–Trinajstić information content (AvgIpc) is 3.18. The number of quaternary nitrogens is 1. The summed E-state index contributed by atoms with van der Waals surface area (Å²) < 4.78 is 33.7. The van der Waals surface area contributed by atoms with Crippen LogP contribution in [0.15, 0.2) is 85.1 Å². The van der Waals surface area contributed by atoms with Crippen LogP contribution in [-0.2, 0) is 32.7 Å². The Balaban J connectivity index is 4.58. The molecule has 0 fully saturated rings. The topological polar surface area (TPSA) is 131 Å². The zero-order valence-corrected chi connectivity index (χ0v) is 38.4. The van der Waals surface area contributed by atoms with Crippen molar-refractivity contribution in [3.63, 3.8) is 0 Å². The number of carbonyl (C=O) groups is 2. The SMILES string of the molecule is CC/C=C\C/C=C\C/C=C\C/C=C\C=C/C(O)C/C=C\CCC(=O)OC[C@H](COP(=O)([O-])OCC[N+](C)(C)C)OC(=O)CCCCCCCCC/C=C\CCCCCC. The van der Waals surface area contributed by atoms with E-state index >= 15 is 0 Å². The van der Waals surface area contributed by atoms with E-state index in [1.165, 1.54) is 51.4 Å². The van der Waals surface area contributed by atoms with Gasteiger partial charge in [0.2, 0.25) is 0 Å². The molecule has 1 N–H and O–H groups in total. The second-order valence-corrected chi connectivity index (χ2v) is 17.3. The number of allylic oxidation sites excluding steroid dienone is 12. The van der Waals surface area contributed by atoms with E-state index in [1.807, 2.05) is 39.4 Å². The van der Waals surface area contributed by atoms with Gasteiger partial charge in [0.1, 0.15) is 19.8 Å². The molecule has 0 amide bonds. The third kappa shape index (κ3) is 43.1. The van der Waals surface area contributed by atoms with Crippen LogP contribution >= 0.6 is 7.82 Å². The summed E-state index contributed by atoms with van der Waals surface area (Å²) in [7, 11) is 1.05. The Labute approximate surface area is 359 Å². The molecule has 0 radical (unpaired) electrons. The summed E-state index contributed by atoms with van der Waals surface area (Å²) in [5, 5.41) is 10.2. The first kappa shape index (κ1) is 56.1. The largest absolute Gasteiger partial charge is 0.756 e. The summed E-state index contributed by atoms with van der Waals surface area (Å²) in [4.78, 5) is 37.5. The molecule has 0 bridgehead atoms. The van der Waals surface area contributed by atoms with Gasteiger partial charge in [0, 0.05) is 12.8 Å². The van der Waals surface area contributed by atoms with E-state index in [-0.39, 0.29) is 26.1 Å². The molecule has 3 atom stereocenters. The molecule has 0 saturated carbocycles. The fourth-order valence-electron chi connectivity index (χ4n) is 5.46. The van der Waals surface area contributed by atoms with E-state index in [0.29, 0.717) is 30.3 Å². The quantitative estimate of drug-likeness (QED) is 0.0160. The highest BCUT2D eigenvalue weighted by Crippen LogP contribution is 2.38. The van der Waals surface area contributed by atoms with Crippen molar-refractivity contribution in [2.24, 2.45) is 0 Å². The van der Waals surface area contributed by atoms with Gasteiger partial charge in [0.25, 0.3) is 7.82 Å². The van der Waals surface area contributed by atoms with Gasteiger partial charge in [0.05, 0.1) is 33.9 Å². The molecule has 0 aliphatic rings. The van der Waals surface area contributed by atoms with Gasteiger partial charge in [-0.25, -0.2) is 0 Å². The maximum atomic E-state index is 12.7. The number of aliphatic hydroxyl groups excluding tert-OH is 1. The van der Waals surface area contributed by atoms with Crippen molar-refractivity contribution >= 4 is 19.8 Å². The third-order valence-electron chi connectivity index (χ3n) is 8.99. The number of hydrogen-bond acceptors (Lipinski definition) is 9. The maximum Gasteiger partial charge on any atom is 0.306 e. The van der Waals surface area contributed by atoms with Crippen molar-refractivity contribution in [1.82, 2.24) is 0 Å². The fourth-order valence-corrected chi connectivity index (χ4v) is 6.19. The molecule has 0 aromatic carbocycles. The Morgan fingerprint density at radius 1 is 0.644 bits per heavy atom. The van der Waals surface area contributed by atoms with Crippen molar-refractivity contribution < 1.29 is 47.2 Å². The highest BCUT2D eigenvalue weighted by Gasteiger charge is 2.21. The molecule has 0 saturated heterocycles. The molecular weight excluding hydrogens is 765 g/mol. The minimum Gasteiger partial charge on any atom is -0.756 e. The van der Waals surface area contributed by atoms with Gasteiger partial charge in [0.15, 0.2) is 6.10 Å². The van der Waals surface area contributed by atoms with Gasteiger partial charge < -0.3 is 33.0 Å². The van der Waals surface area contributed by atoms with Crippen LogP contribution in [0.25, 0.3) is 0 Å². The lowest BCUT2D eigenvalue weighted by Crippen LogP contribution is -2.37. The van der Waals surface area contributed by atoms with Gasteiger partial charge in [-0.15, -0.1) is 0 Å². The molecule has 0 aromatic heterocycles. The van der Waals surface area contributed by atoms with E-state index in [2.05, 4.69) is 62.5 Å². The molecule has 0 spiro atoms. The standard InChI is InChI=1S/C48H82NO9P/c1-6-8-10-12-14-16-18-20-21-23-25-27-29-31-35-40-48(52)58-46(44-57-59(53,54)56-42-41-49(3,4)5)43-55-47(51)39-36-32-34-38-45(50)37-33-30-28-26-24-22-19-17-15-13-11-9-7-2/h9,11,15-18,22,24,28,30,32-34,37,45-46,50H,6-8,10,12-14,19-21,23,25-27,29,31,35-36,38-44H2,1-5H3/b11-9-,17-15-,18-16-,24-22-,30-28-,34-32-,37-33-/t45?,46-/m1/s1. The molecule has 0 aromatic rings. The van der Waals surface area contributed by atoms with Crippen molar-refractivity contribution in [1.29, 1.82) is 0 Å². The number of esters is 2. The fraction of sp³-hybridized carbons (Fsp3) is 0.667. The number of likely N-dealkylation sites (N-methyl/N-ethyl adjacent to an activating group) is 1. The monoisotopic (exact) mass is 848 g/mol. The highest BCUT2D eigenvalue weighted by atomic mass is 31.2. The number of rotatable bonds is 39. The second-order valence-electron chi connectivity index (χ2n) is 15.9. The summed E-state index contributed by atoms with van der Waals surface area (Å²) in [6.07, 6.45) is 46.4. The zero-order chi connectivity index (χ0) is 43.7. The zero-order valence-electron chi connectivity index (χ0n) is 37.5. The number of hydrogen-bond donors (Lipinski definition) is 1. The van der Waals surface area contributed by atoms with Crippen LogP contribution in [-0.4, -0.2) is 81.2 Å². The Hall–Kier alpha value is -2.85. The van der Waals surface area contributed by atoms with Crippen molar-refractivity contribution in [3.05, 3.63) is 85.1 Å². The second kappa shape index (κ2) is 39.3. The number of phosphoric ester groups is 1. The van der Waals surface area contributed by atoms with Crippen LogP contribution in [0.4, 0.5) is 0 Å². The number of carbonyl (C=O) groups excluding carboxylic acids is 2. The third-order valence-corrected chi connectivity index (χ3v) is 9.96. The number of nitrogens with zero attached hydrogens (tertiary/aromatic N) is 1. The van der Waals surface area contributed by atoms with Gasteiger partial charge >= 0.3 is 11.9 Å². The number of ether oxygens (including phenoxy) is 2.